The van der Waals surface area contributed by atoms with Crippen LogP contribution in [0.5, 0.6) is 0 Å². The minimum absolute atomic E-state index is 0.0238. The molecule has 1 fully saturated rings. The van der Waals surface area contributed by atoms with Crippen molar-refractivity contribution < 1.29 is 4.79 Å². The molecule has 1 atom stereocenters. The van der Waals surface area contributed by atoms with Crippen molar-refractivity contribution in [3.05, 3.63) is 53.3 Å². The summed E-state index contributed by atoms with van der Waals surface area (Å²) < 4.78 is 1.08. The Morgan fingerprint density at radius 2 is 2.21 bits per heavy atom. The standard InChI is InChI=1S/C18H16ClN3OS/c19-13-6-7-14-16(10-13)24-18(21-14)22-9-3-4-12(11-22)17(23)15-5-1-2-8-20-15/h1-2,5-8,10,12H,3-4,9,11H2. The monoisotopic (exact) mass is 357 g/mol. The smallest absolute Gasteiger partial charge is 0.186 e. The van der Waals surface area contributed by atoms with Crippen LogP contribution in [0, 0.1) is 5.92 Å². The van der Waals surface area contributed by atoms with Crippen LogP contribution in [0.3, 0.4) is 0 Å². The molecule has 0 spiro atoms. The Kier molecular flexibility index (Phi) is 4.21. The lowest BCUT2D eigenvalue weighted by molar-refractivity contribution is 0.0902. The summed E-state index contributed by atoms with van der Waals surface area (Å²) in [6.45, 7) is 1.63. The van der Waals surface area contributed by atoms with E-state index >= 15 is 0 Å². The highest BCUT2D eigenvalue weighted by Crippen LogP contribution is 2.33. The summed E-state index contributed by atoms with van der Waals surface area (Å²) in [6.07, 6.45) is 3.56. The highest BCUT2D eigenvalue weighted by molar-refractivity contribution is 7.22. The van der Waals surface area contributed by atoms with Crippen LogP contribution in [0.2, 0.25) is 5.02 Å². The molecule has 1 unspecified atom stereocenters. The normalized spacial score (nSPS) is 18.0. The largest absolute Gasteiger partial charge is 0.347 e. The van der Waals surface area contributed by atoms with Crippen LogP contribution in [0.25, 0.3) is 10.2 Å². The van der Waals surface area contributed by atoms with Crippen LogP contribution >= 0.6 is 22.9 Å². The molecule has 0 radical (unpaired) electrons. The van der Waals surface area contributed by atoms with Gasteiger partial charge in [-0.25, -0.2) is 4.98 Å². The number of anilines is 1. The van der Waals surface area contributed by atoms with Crippen molar-refractivity contribution in [3.63, 3.8) is 0 Å². The van der Waals surface area contributed by atoms with Crippen LogP contribution < -0.4 is 4.90 Å². The van der Waals surface area contributed by atoms with Crippen LogP contribution in [-0.2, 0) is 0 Å². The van der Waals surface area contributed by atoms with E-state index in [0.717, 1.165) is 39.8 Å². The number of benzene rings is 1. The highest BCUT2D eigenvalue weighted by Gasteiger charge is 2.28. The van der Waals surface area contributed by atoms with Gasteiger partial charge >= 0.3 is 0 Å². The molecular formula is C18H16ClN3OS. The second-order valence-corrected chi connectivity index (χ2v) is 7.42. The summed E-state index contributed by atoms with van der Waals surface area (Å²) in [5.74, 6) is 0.105. The predicted octanol–water partition coefficient (Wildman–Crippen LogP) is 4.44. The lowest BCUT2D eigenvalue weighted by atomic mass is 9.92. The number of rotatable bonds is 3. The van der Waals surface area contributed by atoms with Crippen LogP contribution in [0.4, 0.5) is 5.13 Å². The molecular weight excluding hydrogens is 342 g/mol. The highest BCUT2D eigenvalue weighted by atomic mass is 35.5. The Bertz CT molecular complexity index is 880. The van der Waals surface area contributed by atoms with Crippen molar-refractivity contribution in [3.8, 4) is 0 Å². The molecule has 0 bridgehead atoms. The maximum absolute atomic E-state index is 12.7. The molecule has 3 heterocycles. The summed E-state index contributed by atoms with van der Waals surface area (Å²) in [5.41, 5.74) is 1.51. The van der Waals surface area contributed by atoms with Crippen molar-refractivity contribution >= 4 is 44.1 Å². The SMILES string of the molecule is O=C(c1ccccn1)C1CCCN(c2nc3ccc(Cl)cc3s2)C1. The second-order valence-electron chi connectivity index (χ2n) is 5.97. The van der Waals surface area contributed by atoms with E-state index in [1.54, 1.807) is 23.6 Å². The number of carbonyl (C=O) groups excluding carboxylic acids is 1. The summed E-state index contributed by atoms with van der Waals surface area (Å²) in [4.78, 5) is 23.8. The Labute approximate surface area is 149 Å². The average molecular weight is 358 g/mol. The molecule has 1 aliphatic rings. The molecule has 0 amide bonds. The molecule has 0 N–H and O–H groups in total. The molecule has 6 heteroatoms. The minimum atomic E-state index is -0.0238. The third-order valence-corrected chi connectivity index (χ3v) is 5.63. The van der Waals surface area contributed by atoms with Gasteiger partial charge in [-0.2, -0.15) is 0 Å². The van der Waals surface area contributed by atoms with Crippen molar-refractivity contribution in [2.45, 2.75) is 12.8 Å². The van der Waals surface area contributed by atoms with Crippen LogP contribution in [-0.4, -0.2) is 28.8 Å². The number of pyridine rings is 1. The zero-order valence-electron chi connectivity index (χ0n) is 13.0. The first-order chi connectivity index (χ1) is 11.7. The van der Waals surface area contributed by atoms with E-state index in [0.29, 0.717) is 12.2 Å². The maximum Gasteiger partial charge on any atom is 0.186 e. The van der Waals surface area contributed by atoms with Gasteiger partial charge in [-0.05, 0) is 43.2 Å². The number of aromatic nitrogens is 2. The number of Topliss-reactive ketones (excluding diaryl/α,β-unsaturated/α-hetero) is 1. The molecule has 24 heavy (non-hydrogen) atoms. The van der Waals surface area contributed by atoms with Gasteiger partial charge in [0.25, 0.3) is 0 Å². The van der Waals surface area contributed by atoms with Gasteiger partial charge in [0.1, 0.15) is 5.69 Å². The van der Waals surface area contributed by atoms with Gasteiger partial charge in [0, 0.05) is 30.2 Å². The number of fused-ring (bicyclic) bond motifs is 1. The van der Waals surface area contributed by atoms with E-state index in [1.807, 2.05) is 30.3 Å². The molecule has 4 rings (SSSR count). The number of thiazole rings is 1. The molecule has 0 saturated carbocycles. The topological polar surface area (TPSA) is 46.1 Å². The van der Waals surface area contributed by atoms with Crippen molar-refractivity contribution in [1.29, 1.82) is 0 Å². The van der Waals surface area contributed by atoms with E-state index in [2.05, 4.69) is 9.88 Å². The van der Waals surface area contributed by atoms with Gasteiger partial charge < -0.3 is 4.90 Å². The summed E-state index contributed by atoms with van der Waals surface area (Å²) in [5, 5.41) is 1.69. The minimum Gasteiger partial charge on any atom is -0.347 e. The molecule has 0 aliphatic carbocycles. The quantitative estimate of drug-likeness (QED) is 0.650. The molecule has 2 aromatic heterocycles. The van der Waals surface area contributed by atoms with Crippen molar-refractivity contribution in [1.82, 2.24) is 9.97 Å². The average Bonchev–Trinajstić information content (AvgIpc) is 3.05. The van der Waals surface area contributed by atoms with Crippen molar-refractivity contribution in [2.24, 2.45) is 5.92 Å². The first kappa shape index (κ1) is 15.5. The van der Waals surface area contributed by atoms with Gasteiger partial charge in [-0.15, -0.1) is 0 Å². The first-order valence-electron chi connectivity index (χ1n) is 7.97. The number of nitrogens with zero attached hydrogens (tertiary/aromatic N) is 3. The van der Waals surface area contributed by atoms with Gasteiger partial charge in [-0.3, -0.25) is 9.78 Å². The Balaban J connectivity index is 1.56. The van der Waals surface area contributed by atoms with E-state index in [1.165, 1.54) is 0 Å². The van der Waals surface area contributed by atoms with Crippen LogP contribution in [0.1, 0.15) is 23.3 Å². The van der Waals surface area contributed by atoms with E-state index in [-0.39, 0.29) is 11.7 Å². The molecule has 4 nitrogen and oxygen atoms in total. The van der Waals surface area contributed by atoms with Crippen molar-refractivity contribution in [2.75, 3.05) is 18.0 Å². The predicted molar refractivity (Wildman–Crippen MR) is 98.1 cm³/mol. The fourth-order valence-corrected chi connectivity index (χ4v) is 4.38. The maximum atomic E-state index is 12.7. The van der Waals surface area contributed by atoms with Gasteiger partial charge in [-0.1, -0.05) is 29.0 Å². The molecule has 3 aromatic rings. The number of hydrogen-bond donors (Lipinski definition) is 0. The fourth-order valence-electron chi connectivity index (χ4n) is 3.10. The van der Waals surface area contributed by atoms with Gasteiger partial charge in [0.05, 0.1) is 10.2 Å². The summed E-state index contributed by atoms with van der Waals surface area (Å²) in [6, 6.07) is 11.2. The molecule has 1 aromatic carbocycles. The zero-order chi connectivity index (χ0) is 16.5. The number of halogens is 1. The number of hydrogen-bond acceptors (Lipinski definition) is 5. The molecule has 1 aliphatic heterocycles. The second kappa shape index (κ2) is 6.49. The zero-order valence-corrected chi connectivity index (χ0v) is 14.6. The van der Waals surface area contributed by atoms with E-state index in [9.17, 15) is 4.79 Å². The fraction of sp³-hybridized carbons (Fsp3) is 0.278. The summed E-state index contributed by atoms with van der Waals surface area (Å²) in [7, 11) is 0. The van der Waals surface area contributed by atoms with Crippen LogP contribution in [0.15, 0.2) is 42.6 Å². The number of carbonyl (C=O) groups is 1. The summed E-state index contributed by atoms with van der Waals surface area (Å²) >= 11 is 7.69. The first-order valence-corrected chi connectivity index (χ1v) is 9.16. The van der Waals surface area contributed by atoms with Gasteiger partial charge in [0.2, 0.25) is 0 Å². The molecule has 1 saturated heterocycles. The third kappa shape index (κ3) is 3.01. The Morgan fingerprint density at radius 3 is 3.04 bits per heavy atom. The number of piperidine rings is 1. The lowest BCUT2D eigenvalue weighted by Gasteiger charge is -2.31. The number of ketones is 1. The Hall–Kier alpha value is -1.98. The van der Waals surface area contributed by atoms with E-state index < -0.39 is 0 Å². The van der Waals surface area contributed by atoms with E-state index in [4.69, 9.17) is 16.6 Å². The Morgan fingerprint density at radius 1 is 1.29 bits per heavy atom. The van der Waals surface area contributed by atoms with Gasteiger partial charge in [0.15, 0.2) is 10.9 Å². The molecule has 122 valence electrons. The lowest BCUT2D eigenvalue weighted by Crippen LogP contribution is -2.38. The third-order valence-electron chi connectivity index (χ3n) is 4.32.